The van der Waals surface area contributed by atoms with Gasteiger partial charge in [0.15, 0.2) is 0 Å². The molecule has 2 heterocycles. The van der Waals surface area contributed by atoms with Crippen molar-refractivity contribution in [1.29, 1.82) is 0 Å². The lowest BCUT2D eigenvalue weighted by atomic mass is 9.92. The Labute approximate surface area is 190 Å². The van der Waals surface area contributed by atoms with Crippen LogP contribution in [-0.4, -0.2) is 21.8 Å². The minimum atomic E-state index is -1.01. The van der Waals surface area contributed by atoms with Crippen molar-refractivity contribution in [3.05, 3.63) is 73.4 Å². The minimum absolute atomic E-state index is 0.00637. The Morgan fingerprint density at radius 3 is 2.32 bits per heavy atom. The maximum atomic E-state index is 12.8. The zero-order chi connectivity index (χ0) is 22.1. The predicted molar refractivity (Wildman–Crippen MR) is 121 cm³/mol. The van der Waals surface area contributed by atoms with E-state index in [0.29, 0.717) is 26.4 Å². The second-order valence-corrected chi connectivity index (χ2v) is 8.07. The van der Waals surface area contributed by atoms with Crippen LogP contribution in [0.3, 0.4) is 0 Å². The van der Waals surface area contributed by atoms with E-state index in [2.05, 4.69) is 25.9 Å². The number of aromatic nitrogens is 2. The van der Waals surface area contributed by atoms with Gasteiger partial charge in [-0.1, -0.05) is 34.8 Å². The van der Waals surface area contributed by atoms with E-state index in [0.717, 1.165) is 0 Å². The van der Waals surface area contributed by atoms with E-state index in [1.807, 2.05) is 0 Å². The summed E-state index contributed by atoms with van der Waals surface area (Å²) in [5.41, 5.74) is 0.486. The standard InChI is InChI=1S/C20H14Cl3N5O3/c21-9-1-3-12(4-2-9)24-18(30)14-8-15(29)26-17-16(14)19(31)28-20(27-17)25-13-6-10(22)5-11(23)7-13/h1-7,14H,8H2,(H,24,30)(H3,25,26,27,28,29,31). The van der Waals surface area contributed by atoms with Crippen LogP contribution in [0.2, 0.25) is 15.1 Å². The summed E-state index contributed by atoms with van der Waals surface area (Å²) in [6, 6.07) is 11.2. The first-order chi connectivity index (χ1) is 14.8. The molecule has 3 aromatic rings. The number of H-pyrrole nitrogens is 1. The van der Waals surface area contributed by atoms with Crippen molar-refractivity contribution in [2.24, 2.45) is 0 Å². The molecule has 0 spiro atoms. The zero-order valence-corrected chi connectivity index (χ0v) is 17.9. The average molecular weight is 479 g/mol. The third-order valence-corrected chi connectivity index (χ3v) is 5.19. The fourth-order valence-corrected chi connectivity index (χ4v) is 3.83. The Hall–Kier alpha value is -3.07. The van der Waals surface area contributed by atoms with E-state index < -0.39 is 23.3 Å². The Balaban J connectivity index is 1.64. The number of nitrogens with zero attached hydrogens (tertiary/aromatic N) is 1. The van der Waals surface area contributed by atoms with Gasteiger partial charge in [-0.15, -0.1) is 0 Å². The molecule has 4 N–H and O–H groups in total. The Kier molecular flexibility index (Phi) is 5.86. The van der Waals surface area contributed by atoms with E-state index in [1.165, 1.54) is 0 Å². The monoisotopic (exact) mass is 477 g/mol. The number of amides is 2. The lowest BCUT2D eigenvalue weighted by molar-refractivity contribution is -0.123. The number of anilines is 4. The van der Waals surface area contributed by atoms with Crippen LogP contribution in [-0.2, 0) is 9.59 Å². The number of benzene rings is 2. The number of carbonyl (C=O) groups excluding carboxylic acids is 2. The minimum Gasteiger partial charge on any atom is -0.326 e. The number of carbonyl (C=O) groups is 2. The number of fused-ring (bicyclic) bond motifs is 1. The number of rotatable bonds is 4. The maximum Gasteiger partial charge on any atom is 0.258 e. The van der Waals surface area contributed by atoms with Crippen molar-refractivity contribution in [2.45, 2.75) is 12.3 Å². The van der Waals surface area contributed by atoms with Gasteiger partial charge in [-0.25, -0.2) is 0 Å². The second-order valence-electron chi connectivity index (χ2n) is 6.76. The molecular weight excluding hydrogens is 465 g/mol. The largest absolute Gasteiger partial charge is 0.326 e. The van der Waals surface area contributed by atoms with Gasteiger partial charge in [0.25, 0.3) is 5.56 Å². The van der Waals surface area contributed by atoms with Crippen molar-refractivity contribution in [2.75, 3.05) is 16.0 Å². The van der Waals surface area contributed by atoms with E-state index in [9.17, 15) is 14.4 Å². The number of hydrogen-bond acceptors (Lipinski definition) is 5. The lowest BCUT2D eigenvalue weighted by Gasteiger charge is -2.23. The summed E-state index contributed by atoms with van der Waals surface area (Å²) in [6.45, 7) is 0. The molecule has 158 valence electrons. The van der Waals surface area contributed by atoms with Gasteiger partial charge >= 0.3 is 0 Å². The van der Waals surface area contributed by atoms with Gasteiger partial charge < -0.3 is 16.0 Å². The lowest BCUT2D eigenvalue weighted by Crippen LogP contribution is -2.36. The van der Waals surface area contributed by atoms with Crippen molar-refractivity contribution < 1.29 is 9.59 Å². The van der Waals surface area contributed by atoms with E-state index in [1.54, 1.807) is 42.5 Å². The molecule has 31 heavy (non-hydrogen) atoms. The first kappa shape index (κ1) is 21.2. The Morgan fingerprint density at radius 1 is 0.968 bits per heavy atom. The summed E-state index contributed by atoms with van der Waals surface area (Å²) in [5.74, 6) is -1.88. The molecule has 1 unspecified atom stereocenters. The van der Waals surface area contributed by atoms with E-state index in [-0.39, 0.29) is 23.8 Å². The molecule has 0 fully saturated rings. The SMILES string of the molecule is O=C1CC(C(=O)Nc2ccc(Cl)cc2)c2c(nc(Nc3cc(Cl)cc(Cl)c3)[nH]c2=O)N1. The number of nitrogens with one attached hydrogen (secondary N) is 4. The highest BCUT2D eigenvalue weighted by molar-refractivity contribution is 6.35. The molecule has 0 saturated heterocycles. The average Bonchev–Trinajstić information content (AvgIpc) is 2.68. The van der Waals surface area contributed by atoms with Crippen molar-refractivity contribution in [3.63, 3.8) is 0 Å². The van der Waals surface area contributed by atoms with Gasteiger partial charge in [-0.2, -0.15) is 4.98 Å². The normalized spacial score (nSPS) is 15.1. The molecule has 0 aliphatic carbocycles. The summed E-state index contributed by atoms with van der Waals surface area (Å²) in [5, 5.41) is 9.42. The van der Waals surface area contributed by atoms with Crippen LogP contribution in [0.15, 0.2) is 47.3 Å². The number of halogens is 3. The quantitative estimate of drug-likeness (QED) is 0.439. The van der Waals surface area contributed by atoms with Crippen LogP contribution >= 0.6 is 34.8 Å². The predicted octanol–water partition coefficient (Wildman–Crippen LogP) is 4.54. The third kappa shape index (κ3) is 4.82. The third-order valence-electron chi connectivity index (χ3n) is 4.50. The van der Waals surface area contributed by atoms with Gasteiger partial charge in [0, 0.05) is 32.9 Å². The summed E-state index contributed by atoms with van der Waals surface area (Å²) in [6.07, 6.45) is -0.187. The molecule has 4 rings (SSSR count). The molecule has 0 radical (unpaired) electrons. The number of hydrogen-bond donors (Lipinski definition) is 4. The molecule has 1 atom stereocenters. The van der Waals surface area contributed by atoms with Crippen LogP contribution in [0.25, 0.3) is 0 Å². The van der Waals surface area contributed by atoms with Gasteiger partial charge in [0.05, 0.1) is 11.5 Å². The first-order valence-corrected chi connectivity index (χ1v) is 10.2. The molecule has 1 aliphatic rings. The topological polar surface area (TPSA) is 116 Å². The highest BCUT2D eigenvalue weighted by Gasteiger charge is 2.34. The van der Waals surface area contributed by atoms with Crippen LogP contribution in [0.5, 0.6) is 0 Å². The zero-order valence-electron chi connectivity index (χ0n) is 15.6. The van der Waals surface area contributed by atoms with E-state index in [4.69, 9.17) is 34.8 Å². The van der Waals surface area contributed by atoms with Crippen LogP contribution in [0.1, 0.15) is 17.9 Å². The van der Waals surface area contributed by atoms with Crippen molar-refractivity contribution in [3.8, 4) is 0 Å². The molecule has 1 aromatic heterocycles. The first-order valence-electron chi connectivity index (χ1n) is 9.02. The highest BCUT2D eigenvalue weighted by atomic mass is 35.5. The van der Waals surface area contributed by atoms with Gasteiger partial charge in [-0.05, 0) is 42.5 Å². The number of aromatic amines is 1. The van der Waals surface area contributed by atoms with Crippen molar-refractivity contribution >= 4 is 69.8 Å². The molecule has 0 bridgehead atoms. The van der Waals surface area contributed by atoms with Gasteiger partial charge in [0.2, 0.25) is 17.8 Å². The summed E-state index contributed by atoms with van der Waals surface area (Å²) < 4.78 is 0. The summed E-state index contributed by atoms with van der Waals surface area (Å²) in [7, 11) is 0. The second kappa shape index (κ2) is 8.58. The Morgan fingerprint density at radius 2 is 1.65 bits per heavy atom. The Bertz CT molecular complexity index is 1220. The molecular formula is C20H14Cl3N5O3. The molecule has 2 aromatic carbocycles. The molecule has 2 amide bonds. The fraction of sp³-hybridized carbons (Fsp3) is 0.100. The molecule has 11 heteroatoms. The van der Waals surface area contributed by atoms with E-state index >= 15 is 0 Å². The van der Waals surface area contributed by atoms with Crippen LogP contribution in [0.4, 0.5) is 23.1 Å². The molecule has 0 saturated carbocycles. The summed E-state index contributed by atoms with van der Waals surface area (Å²) in [4.78, 5) is 44.6. The van der Waals surface area contributed by atoms with Crippen molar-refractivity contribution in [1.82, 2.24) is 9.97 Å². The fourth-order valence-electron chi connectivity index (χ4n) is 3.18. The summed E-state index contributed by atoms with van der Waals surface area (Å²) >= 11 is 17.8. The van der Waals surface area contributed by atoms with Crippen LogP contribution < -0.4 is 21.5 Å². The molecule has 8 nitrogen and oxygen atoms in total. The smallest absolute Gasteiger partial charge is 0.258 e. The van der Waals surface area contributed by atoms with Gasteiger partial charge in [-0.3, -0.25) is 19.4 Å². The highest BCUT2D eigenvalue weighted by Crippen LogP contribution is 2.31. The molecule has 1 aliphatic heterocycles. The van der Waals surface area contributed by atoms with Gasteiger partial charge in [0.1, 0.15) is 5.82 Å². The maximum absolute atomic E-state index is 12.8. The van der Waals surface area contributed by atoms with Crippen LogP contribution in [0, 0.1) is 0 Å².